The van der Waals surface area contributed by atoms with Crippen LogP contribution in [0.25, 0.3) is 0 Å². The van der Waals surface area contributed by atoms with E-state index in [9.17, 15) is 18.0 Å². The van der Waals surface area contributed by atoms with E-state index in [1.165, 1.54) is 36.4 Å². The molecule has 0 amide bonds. The highest BCUT2D eigenvalue weighted by atomic mass is 35.5. The summed E-state index contributed by atoms with van der Waals surface area (Å²) < 4.78 is 41.1. The molecule has 0 aliphatic rings. The minimum absolute atomic E-state index is 0.209. The van der Waals surface area contributed by atoms with Gasteiger partial charge in [-0.25, -0.2) is 0 Å². The fourth-order valence-electron chi connectivity index (χ4n) is 1.81. The van der Waals surface area contributed by atoms with Crippen molar-refractivity contribution in [3.05, 3.63) is 58.1 Å². The SMILES string of the molecule is N#C/C(=N/Nc1ccc(Cl)c(Cl)c1)C(=O)c1ccccc1OC(F)(F)F. The number of carbonyl (C=O) groups is 1. The predicted octanol–water partition coefficient (Wildman–Crippen LogP) is 5.07. The summed E-state index contributed by atoms with van der Waals surface area (Å²) >= 11 is 11.6. The lowest BCUT2D eigenvalue weighted by molar-refractivity contribution is -0.274. The Morgan fingerprint density at radius 3 is 2.46 bits per heavy atom. The summed E-state index contributed by atoms with van der Waals surface area (Å²) in [6.45, 7) is 0. The summed E-state index contributed by atoms with van der Waals surface area (Å²) in [5, 5.41) is 13.2. The summed E-state index contributed by atoms with van der Waals surface area (Å²) in [5.41, 5.74) is 1.61. The van der Waals surface area contributed by atoms with E-state index in [0.29, 0.717) is 5.69 Å². The molecule has 0 fully saturated rings. The molecule has 2 aromatic rings. The summed E-state index contributed by atoms with van der Waals surface area (Å²) in [6.07, 6.45) is -4.99. The molecule has 0 aliphatic carbocycles. The van der Waals surface area contributed by atoms with Gasteiger partial charge in [-0.15, -0.1) is 13.2 Å². The normalized spacial score (nSPS) is 11.6. The average molecular weight is 402 g/mol. The number of hydrogen-bond donors (Lipinski definition) is 1. The zero-order chi connectivity index (χ0) is 19.3. The number of rotatable bonds is 5. The summed E-state index contributed by atoms with van der Waals surface area (Å²) in [4.78, 5) is 12.3. The van der Waals surface area contributed by atoms with Crippen molar-refractivity contribution in [3.8, 4) is 11.8 Å². The number of Topliss-reactive ketones (excluding diaryl/α,β-unsaturated/α-hetero) is 1. The Hall–Kier alpha value is -2.76. The number of nitrogens with one attached hydrogen (secondary N) is 1. The molecular formula is C16H8Cl2F3N3O2. The van der Waals surface area contributed by atoms with E-state index in [4.69, 9.17) is 28.5 Å². The molecule has 0 unspecified atom stereocenters. The van der Waals surface area contributed by atoms with E-state index in [1.807, 2.05) is 0 Å². The second-order valence-electron chi connectivity index (χ2n) is 4.69. The maximum atomic E-state index is 12.4. The summed E-state index contributed by atoms with van der Waals surface area (Å²) in [5.74, 6) is -1.78. The molecule has 0 saturated heterocycles. The molecule has 0 heterocycles. The second-order valence-corrected chi connectivity index (χ2v) is 5.50. The minimum Gasteiger partial charge on any atom is -0.405 e. The van der Waals surface area contributed by atoms with E-state index in [0.717, 1.165) is 12.1 Å². The molecule has 0 radical (unpaired) electrons. The van der Waals surface area contributed by atoms with Gasteiger partial charge in [0.05, 0.1) is 21.3 Å². The van der Waals surface area contributed by atoms with Crippen LogP contribution in [0.1, 0.15) is 10.4 Å². The fourth-order valence-corrected chi connectivity index (χ4v) is 2.11. The van der Waals surface area contributed by atoms with Crippen LogP contribution in [0.4, 0.5) is 18.9 Å². The Kier molecular flexibility index (Phi) is 6.08. The van der Waals surface area contributed by atoms with Crippen LogP contribution < -0.4 is 10.2 Å². The number of carbonyl (C=O) groups excluding carboxylic acids is 1. The number of anilines is 1. The molecule has 0 spiro atoms. The second kappa shape index (κ2) is 8.08. The first-order valence-corrected chi connectivity index (χ1v) is 7.55. The molecule has 0 bridgehead atoms. The van der Waals surface area contributed by atoms with E-state index in [1.54, 1.807) is 0 Å². The number of alkyl halides is 3. The van der Waals surface area contributed by atoms with Crippen LogP contribution in [0.3, 0.4) is 0 Å². The van der Waals surface area contributed by atoms with Gasteiger partial charge < -0.3 is 4.74 Å². The van der Waals surface area contributed by atoms with E-state index in [2.05, 4.69) is 15.3 Å². The fraction of sp³-hybridized carbons (Fsp3) is 0.0625. The molecule has 134 valence electrons. The van der Waals surface area contributed by atoms with Gasteiger partial charge in [0, 0.05) is 0 Å². The van der Waals surface area contributed by atoms with Gasteiger partial charge in [-0.1, -0.05) is 35.3 Å². The number of ketones is 1. The van der Waals surface area contributed by atoms with Crippen LogP contribution in [0.5, 0.6) is 5.75 Å². The van der Waals surface area contributed by atoms with Crippen molar-refractivity contribution in [2.75, 3.05) is 5.43 Å². The molecule has 0 saturated carbocycles. The van der Waals surface area contributed by atoms with Crippen molar-refractivity contribution < 1.29 is 22.7 Å². The van der Waals surface area contributed by atoms with Gasteiger partial charge in [-0.3, -0.25) is 10.2 Å². The van der Waals surface area contributed by atoms with Crippen molar-refractivity contribution in [1.29, 1.82) is 5.26 Å². The molecular weight excluding hydrogens is 394 g/mol. The number of nitriles is 1. The Balaban J connectivity index is 2.29. The van der Waals surface area contributed by atoms with Gasteiger partial charge in [0.1, 0.15) is 11.8 Å². The molecule has 0 aromatic heterocycles. The van der Waals surface area contributed by atoms with Gasteiger partial charge in [0.25, 0.3) is 0 Å². The van der Waals surface area contributed by atoms with Crippen LogP contribution in [0, 0.1) is 11.3 Å². The third kappa shape index (κ3) is 5.12. The van der Waals surface area contributed by atoms with Crippen molar-refractivity contribution in [1.82, 2.24) is 0 Å². The standard InChI is InChI=1S/C16H8Cl2F3N3O2/c17-11-6-5-9(7-12(11)18)23-24-13(8-22)15(25)10-3-1-2-4-14(10)26-16(19,20)21/h1-7,23H/b24-13-. The molecule has 5 nitrogen and oxygen atoms in total. The van der Waals surface area contributed by atoms with Gasteiger partial charge >= 0.3 is 6.36 Å². The molecule has 0 aliphatic heterocycles. The number of hydrogen-bond acceptors (Lipinski definition) is 5. The average Bonchev–Trinajstić information content (AvgIpc) is 2.57. The van der Waals surface area contributed by atoms with E-state index >= 15 is 0 Å². The van der Waals surface area contributed by atoms with Crippen LogP contribution in [-0.2, 0) is 0 Å². The summed E-state index contributed by atoms with van der Waals surface area (Å²) in [6, 6.07) is 10.5. The zero-order valence-electron chi connectivity index (χ0n) is 12.6. The van der Waals surface area contributed by atoms with Crippen LogP contribution >= 0.6 is 23.2 Å². The smallest absolute Gasteiger partial charge is 0.405 e. The lowest BCUT2D eigenvalue weighted by atomic mass is 10.1. The number of halogens is 5. The Morgan fingerprint density at radius 1 is 1.15 bits per heavy atom. The maximum Gasteiger partial charge on any atom is 0.573 e. The first-order chi connectivity index (χ1) is 12.2. The van der Waals surface area contributed by atoms with Crippen LogP contribution in [0.2, 0.25) is 10.0 Å². The van der Waals surface area contributed by atoms with Crippen molar-refractivity contribution in [2.45, 2.75) is 6.36 Å². The first kappa shape index (κ1) is 19.6. The molecule has 1 N–H and O–H groups in total. The Morgan fingerprint density at radius 2 is 1.85 bits per heavy atom. The molecule has 10 heteroatoms. The highest BCUT2D eigenvalue weighted by Gasteiger charge is 2.33. The molecule has 2 aromatic carbocycles. The predicted molar refractivity (Wildman–Crippen MR) is 90.6 cm³/mol. The number of hydrazone groups is 1. The number of benzene rings is 2. The minimum atomic E-state index is -4.99. The van der Waals surface area contributed by atoms with Gasteiger partial charge in [-0.05, 0) is 30.3 Å². The quantitative estimate of drug-likeness (QED) is 0.431. The lowest BCUT2D eigenvalue weighted by Gasteiger charge is -2.11. The highest BCUT2D eigenvalue weighted by molar-refractivity contribution is 6.51. The Bertz CT molecular complexity index is 908. The largest absolute Gasteiger partial charge is 0.573 e. The van der Waals surface area contributed by atoms with Gasteiger partial charge in [0.2, 0.25) is 11.5 Å². The molecule has 2 rings (SSSR count). The topological polar surface area (TPSA) is 74.5 Å². The zero-order valence-corrected chi connectivity index (χ0v) is 14.2. The number of ether oxygens (including phenoxy) is 1. The van der Waals surface area contributed by atoms with E-state index < -0.39 is 29.2 Å². The lowest BCUT2D eigenvalue weighted by Crippen LogP contribution is -2.21. The third-order valence-electron chi connectivity index (χ3n) is 2.89. The maximum absolute atomic E-state index is 12.4. The highest BCUT2D eigenvalue weighted by Crippen LogP contribution is 2.27. The van der Waals surface area contributed by atoms with Gasteiger partial charge in [-0.2, -0.15) is 10.4 Å². The Labute approximate surface area is 155 Å². The first-order valence-electron chi connectivity index (χ1n) is 6.79. The number of nitrogens with zero attached hydrogens (tertiary/aromatic N) is 2. The molecule has 26 heavy (non-hydrogen) atoms. The molecule has 0 atom stereocenters. The summed E-state index contributed by atoms with van der Waals surface area (Å²) in [7, 11) is 0. The van der Waals surface area contributed by atoms with Gasteiger partial charge in [0.15, 0.2) is 0 Å². The monoisotopic (exact) mass is 401 g/mol. The van der Waals surface area contributed by atoms with Crippen molar-refractivity contribution >= 4 is 40.4 Å². The number of para-hydroxylation sites is 1. The van der Waals surface area contributed by atoms with E-state index in [-0.39, 0.29) is 10.0 Å². The van der Waals surface area contributed by atoms with Crippen LogP contribution in [0.15, 0.2) is 47.6 Å². The van der Waals surface area contributed by atoms with Crippen LogP contribution in [-0.4, -0.2) is 17.9 Å². The third-order valence-corrected chi connectivity index (χ3v) is 3.63. The van der Waals surface area contributed by atoms with Crippen molar-refractivity contribution in [2.24, 2.45) is 5.10 Å². The van der Waals surface area contributed by atoms with Crippen molar-refractivity contribution in [3.63, 3.8) is 0 Å².